The number of nitrogens with one attached hydrogen (secondary N) is 1. The summed E-state index contributed by atoms with van der Waals surface area (Å²) in [5.41, 5.74) is 4.35. The Balaban J connectivity index is 2.90. The van der Waals surface area contributed by atoms with Gasteiger partial charge >= 0.3 is 12.1 Å². The molecule has 0 heterocycles. The highest BCUT2D eigenvalue weighted by atomic mass is 32.1. The Morgan fingerprint density at radius 1 is 1.45 bits per heavy atom. The lowest BCUT2D eigenvalue weighted by Gasteiger charge is -2.14. The largest absolute Gasteiger partial charge is 0.469 e. The number of hydrogen-bond donors (Lipinski definition) is 2. The number of benzene rings is 1. The average Bonchev–Trinajstić information content (AvgIpc) is 2.37. The molecule has 0 aromatic heterocycles. The van der Waals surface area contributed by atoms with Crippen LogP contribution in [0.5, 0.6) is 0 Å². The average molecular weight is 306 g/mol. The van der Waals surface area contributed by atoms with Crippen LogP contribution in [0.1, 0.15) is 17.5 Å². The van der Waals surface area contributed by atoms with Gasteiger partial charge in [-0.05, 0) is 18.2 Å². The number of carbonyl (C=O) groups is 1. The van der Waals surface area contributed by atoms with Crippen molar-refractivity contribution in [3.8, 4) is 0 Å². The van der Waals surface area contributed by atoms with Crippen LogP contribution >= 0.6 is 12.2 Å². The number of hydrogen-bond acceptors (Lipinski definition) is 4. The highest BCUT2D eigenvalue weighted by Gasteiger charge is 2.34. The molecule has 1 rings (SSSR count). The Kier molecular flexibility index (Phi) is 5.32. The molecule has 0 radical (unpaired) electrons. The zero-order valence-electron chi connectivity index (χ0n) is 10.6. The number of thiocarbonyl (C=S) groups is 1. The molecule has 8 heteroatoms. The van der Waals surface area contributed by atoms with Crippen molar-refractivity contribution < 1.29 is 22.7 Å². The molecule has 1 aromatic rings. The van der Waals surface area contributed by atoms with Crippen molar-refractivity contribution in [3.63, 3.8) is 0 Å². The molecule has 1 aromatic carbocycles. The van der Waals surface area contributed by atoms with Crippen molar-refractivity contribution in [1.82, 2.24) is 0 Å². The molecule has 0 aliphatic heterocycles. The summed E-state index contributed by atoms with van der Waals surface area (Å²) in [5, 5.41) is 2.70. The minimum absolute atomic E-state index is 0.0505. The Labute approximate surface area is 119 Å². The monoisotopic (exact) mass is 306 g/mol. The minimum Gasteiger partial charge on any atom is -0.469 e. The van der Waals surface area contributed by atoms with Gasteiger partial charge in [-0.3, -0.25) is 4.79 Å². The first-order chi connectivity index (χ1) is 9.25. The third kappa shape index (κ3) is 4.37. The maximum absolute atomic E-state index is 12.9. The fraction of sp³-hybridized carbons (Fsp3) is 0.333. The molecule has 0 saturated heterocycles. The predicted molar refractivity (Wildman–Crippen MR) is 72.5 cm³/mol. The van der Waals surface area contributed by atoms with Crippen molar-refractivity contribution in [2.45, 2.75) is 12.6 Å². The second kappa shape index (κ2) is 6.56. The van der Waals surface area contributed by atoms with Crippen LogP contribution in [0.25, 0.3) is 0 Å². The first-order valence-corrected chi connectivity index (χ1v) is 5.98. The standard InChI is InChI=1S/C12H13F3N2O2S/c1-19-10(18)4-5-17-7-2-3-8(11(16)20)9(6-7)12(13,14)15/h2-3,6,17H,4-5H2,1H3,(H2,16,20). The number of halogens is 3. The second-order valence-electron chi connectivity index (χ2n) is 3.88. The molecular weight excluding hydrogens is 293 g/mol. The molecule has 0 amide bonds. The zero-order chi connectivity index (χ0) is 15.3. The van der Waals surface area contributed by atoms with Gasteiger partial charge in [-0.25, -0.2) is 0 Å². The van der Waals surface area contributed by atoms with Gasteiger partial charge in [0.1, 0.15) is 4.99 Å². The highest BCUT2D eigenvalue weighted by Crippen LogP contribution is 2.33. The van der Waals surface area contributed by atoms with Crippen molar-refractivity contribution in [3.05, 3.63) is 29.3 Å². The summed E-state index contributed by atoms with van der Waals surface area (Å²) in [6.07, 6.45) is -4.51. The van der Waals surface area contributed by atoms with Crippen molar-refractivity contribution >= 4 is 28.9 Å². The Bertz CT molecular complexity index is 518. The van der Waals surface area contributed by atoms with E-state index >= 15 is 0 Å². The van der Waals surface area contributed by atoms with E-state index in [-0.39, 0.29) is 29.2 Å². The maximum atomic E-state index is 12.9. The predicted octanol–water partition coefficient (Wildman–Crippen LogP) is 2.31. The van der Waals surface area contributed by atoms with Crippen LogP contribution in [0.15, 0.2) is 18.2 Å². The van der Waals surface area contributed by atoms with Crippen LogP contribution in [0.4, 0.5) is 18.9 Å². The van der Waals surface area contributed by atoms with E-state index in [1.54, 1.807) is 0 Å². The van der Waals surface area contributed by atoms with Crippen LogP contribution in [0.2, 0.25) is 0 Å². The molecule has 0 aliphatic rings. The van der Waals surface area contributed by atoms with Crippen molar-refractivity contribution in [2.24, 2.45) is 5.73 Å². The molecule has 0 atom stereocenters. The van der Waals surface area contributed by atoms with Gasteiger partial charge < -0.3 is 15.8 Å². The summed E-state index contributed by atoms with van der Waals surface area (Å²) >= 11 is 4.60. The van der Waals surface area contributed by atoms with Gasteiger partial charge in [0, 0.05) is 17.8 Å². The fourth-order valence-corrected chi connectivity index (χ4v) is 1.69. The topological polar surface area (TPSA) is 64.3 Å². The summed E-state index contributed by atoms with van der Waals surface area (Å²) in [6, 6.07) is 3.53. The summed E-state index contributed by atoms with van der Waals surface area (Å²) < 4.78 is 43.1. The summed E-state index contributed by atoms with van der Waals surface area (Å²) in [4.78, 5) is 10.6. The molecule has 110 valence electrons. The van der Waals surface area contributed by atoms with Gasteiger partial charge in [0.2, 0.25) is 0 Å². The lowest BCUT2D eigenvalue weighted by molar-refractivity contribution is -0.140. The number of esters is 1. The Morgan fingerprint density at radius 3 is 2.60 bits per heavy atom. The number of alkyl halides is 3. The summed E-state index contributed by atoms with van der Waals surface area (Å²) in [5.74, 6) is -0.451. The number of ether oxygens (including phenoxy) is 1. The molecule has 0 spiro atoms. The first-order valence-electron chi connectivity index (χ1n) is 5.57. The van der Waals surface area contributed by atoms with Crippen molar-refractivity contribution in [1.29, 1.82) is 0 Å². The highest BCUT2D eigenvalue weighted by molar-refractivity contribution is 7.80. The SMILES string of the molecule is COC(=O)CCNc1ccc(C(N)=S)c(C(F)(F)F)c1. The Hall–Kier alpha value is -1.83. The van der Waals surface area contributed by atoms with Crippen LogP contribution in [0, 0.1) is 0 Å². The molecule has 4 nitrogen and oxygen atoms in total. The van der Waals surface area contributed by atoms with Crippen LogP contribution < -0.4 is 11.1 Å². The molecule has 0 bridgehead atoms. The van der Waals surface area contributed by atoms with E-state index in [0.717, 1.165) is 6.07 Å². The van der Waals surface area contributed by atoms with Crippen LogP contribution in [-0.4, -0.2) is 24.6 Å². The van der Waals surface area contributed by atoms with Gasteiger partial charge in [0.25, 0.3) is 0 Å². The van der Waals surface area contributed by atoms with E-state index in [9.17, 15) is 18.0 Å². The van der Waals surface area contributed by atoms with E-state index in [4.69, 9.17) is 5.73 Å². The van der Waals surface area contributed by atoms with Crippen LogP contribution in [-0.2, 0) is 15.7 Å². The van der Waals surface area contributed by atoms with E-state index in [0.29, 0.717) is 0 Å². The van der Waals surface area contributed by atoms with E-state index in [2.05, 4.69) is 22.3 Å². The number of anilines is 1. The maximum Gasteiger partial charge on any atom is 0.417 e. The van der Waals surface area contributed by atoms with Gasteiger partial charge in [-0.15, -0.1) is 0 Å². The fourth-order valence-electron chi connectivity index (χ4n) is 1.51. The third-order valence-corrected chi connectivity index (χ3v) is 2.70. The lowest BCUT2D eigenvalue weighted by Crippen LogP contribution is -2.18. The van der Waals surface area contributed by atoms with Crippen molar-refractivity contribution in [2.75, 3.05) is 19.0 Å². The number of carbonyl (C=O) groups excluding carboxylic acids is 1. The smallest absolute Gasteiger partial charge is 0.417 e. The minimum atomic E-state index is -4.56. The van der Waals surface area contributed by atoms with Gasteiger partial charge in [-0.1, -0.05) is 12.2 Å². The molecule has 3 N–H and O–H groups in total. The van der Waals surface area contributed by atoms with Crippen LogP contribution in [0.3, 0.4) is 0 Å². The molecular formula is C12H13F3N2O2S. The van der Waals surface area contributed by atoms with Gasteiger partial charge in [0.15, 0.2) is 0 Å². The molecule has 0 aliphatic carbocycles. The quantitative estimate of drug-likeness (QED) is 0.645. The molecule has 0 saturated carbocycles. The number of rotatable bonds is 5. The number of nitrogens with two attached hydrogens (primary N) is 1. The molecule has 0 unspecified atom stereocenters. The normalized spacial score (nSPS) is 11.0. The zero-order valence-corrected chi connectivity index (χ0v) is 11.4. The van der Waals surface area contributed by atoms with Gasteiger partial charge in [0.05, 0.1) is 19.1 Å². The third-order valence-electron chi connectivity index (χ3n) is 2.48. The Morgan fingerprint density at radius 2 is 2.10 bits per heavy atom. The number of methoxy groups -OCH3 is 1. The van der Waals surface area contributed by atoms with E-state index < -0.39 is 17.7 Å². The second-order valence-corrected chi connectivity index (χ2v) is 4.32. The van der Waals surface area contributed by atoms with E-state index in [1.807, 2.05) is 0 Å². The summed E-state index contributed by atoms with van der Waals surface area (Å²) in [7, 11) is 1.24. The van der Waals surface area contributed by atoms with Gasteiger partial charge in [-0.2, -0.15) is 13.2 Å². The van der Waals surface area contributed by atoms with E-state index in [1.165, 1.54) is 19.2 Å². The molecule has 0 fully saturated rings. The summed E-state index contributed by atoms with van der Waals surface area (Å²) in [6.45, 7) is 0.163. The first kappa shape index (κ1) is 16.2. The molecule has 20 heavy (non-hydrogen) atoms. The lowest BCUT2D eigenvalue weighted by atomic mass is 10.1.